The van der Waals surface area contributed by atoms with Crippen LogP contribution in [0.2, 0.25) is 0 Å². The molecule has 0 aliphatic carbocycles. The van der Waals surface area contributed by atoms with Crippen molar-refractivity contribution in [2.45, 2.75) is 32.4 Å². The Bertz CT molecular complexity index is 650. The molecule has 1 amide bonds. The topological polar surface area (TPSA) is 81.9 Å². The predicted octanol–water partition coefficient (Wildman–Crippen LogP) is 1.31. The third-order valence-corrected chi connectivity index (χ3v) is 3.59. The van der Waals surface area contributed by atoms with Gasteiger partial charge >= 0.3 is 0 Å². The molecule has 7 heteroatoms. The van der Waals surface area contributed by atoms with Crippen LogP contribution in [-0.4, -0.2) is 32.8 Å². The third kappa shape index (κ3) is 2.52. The first kappa shape index (κ1) is 13.7. The summed E-state index contributed by atoms with van der Waals surface area (Å²) in [5, 5.41) is 7.21. The predicted molar refractivity (Wildman–Crippen MR) is 75.7 cm³/mol. The zero-order valence-corrected chi connectivity index (χ0v) is 12.0. The van der Waals surface area contributed by atoms with Crippen molar-refractivity contribution in [3.63, 3.8) is 0 Å². The summed E-state index contributed by atoms with van der Waals surface area (Å²) in [5.74, 6) is 1.35. The van der Waals surface area contributed by atoms with Crippen molar-refractivity contribution in [1.29, 1.82) is 0 Å². The Balaban J connectivity index is 1.95. The number of nitrogens with one attached hydrogen (secondary N) is 1. The molecule has 0 bridgehead atoms. The molecular formula is C14H17N5O2. The van der Waals surface area contributed by atoms with Gasteiger partial charge in [-0.1, -0.05) is 0 Å². The van der Waals surface area contributed by atoms with E-state index in [1.165, 1.54) is 0 Å². The molecule has 1 unspecified atom stereocenters. The Labute approximate surface area is 122 Å². The highest BCUT2D eigenvalue weighted by molar-refractivity contribution is 5.94. The number of hydrogen-bond donors (Lipinski definition) is 1. The molecule has 110 valence electrons. The zero-order chi connectivity index (χ0) is 14.8. The second-order valence-corrected chi connectivity index (χ2v) is 4.93. The van der Waals surface area contributed by atoms with E-state index < -0.39 is 0 Å². The van der Waals surface area contributed by atoms with E-state index in [1.54, 1.807) is 24.2 Å². The lowest BCUT2D eigenvalue weighted by atomic mass is 9.89. The number of hydrogen-bond acceptors (Lipinski definition) is 5. The molecule has 0 saturated carbocycles. The second-order valence-electron chi connectivity index (χ2n) is 4.93. The van der Waals surface area contributed by atoms with Crippen LogP contribution in [-0.2, 0) is 22.7 Å². The molecule has 0 fully saturated rings. The summed E-state index contributed by atoms with van der Waals surface area (Å²) in [6.07, 6.45) is 5.72. The van der Waals surface area contributed by atoms with E-state index in [9.17, 15) is 4.79 Å². The van der Waals surface area contributed by atoms with E-state index in [1.807, 2.05) is 13.1 Å². The van der Waals surface area contributed by atoms with Crippen molar-refractivity contribution < 1.29 is 9.53 Å². The normalized spacial score (nSPS) is 17.4. The van der Waals surface area contributed by atoms with Crippen LogP contribution >= 0.6 is 0 Å². The smallest absolute Gasteiger partial charge is 0.226 e. The molecule has 2 aromatic heterocycles. The van der Waals surface area contributed by atoms with Gasteiger partial charge in [0.2, 0.25) is 5.91 Å². The average molecular weight is 287 g/mol. The summed E-state index contributed by atoms with van der Waals surface area (Å²) in [7, 11) is 1.61. The van der Waals surface area contributed by atoms with Gasteiger partial charge in [-0.15, -0.1) is 0 Å². The van der Waals surface area contributed by atoms with Crippen molar-refractivity contribution in [3.8, 4) is 0 Å². The van der Waals surface area contributed by atoms with Crippen molar-refractivity contribution >= 4 is 11.7 Å². The molecule has 0 saturated heterocycles. The number of carbonyl (C=O) groups is 1. The minimum Gasteiger partial charge on any atom is -0.377 e. The number of nitrogens with zero attached hydrogens (tertiary/aromatic N) is 4. The molecule has 1 aliphatic heterocycles. The fraction of sp³-hybridized carbons (Fsp3) is 0.429. The van der Waals surface area contributed by atoms with E-state index >= 15 is 0 Å². The van der Waals surface area contributed by atoms with Gasteiger partial charge in [0.05, 0.1) is 6.20 Å². The second kappa shape index (κ2) is 5.61. The van der Waals surface area contributed by atoms with Gasteiger partial charge in [0.1, 0.15) is 12.4 Å². The number of amides is 1. The third-order valence-electron chi connectivity index (χ3n) is 3.59. The molecule has 3 heterocycles. The molecule has 2 aromatic rings. The number of rotatable bonds is 4. The van der Waals surface area contributed by atoms with Gasteiger partial charge in [0.25, 0.3) is 0 Å². The average Bonchev–Trinajstić information content (AvgIpc) is 2.90. The zero-order valence-electron chi connectivity index (χ0n) is 12.0. The fourth-order valence-electron chi connectivity index (χ4n) is 2.56. The number of aryl methyl sites for hydroxylation is 1. The number of carbonyl (C=O) groups excluding carboxylic acids is 1. The van der Waals surface area contributed by atoms with E-state index in [0.29, 0.717) is 25.4 Å². The van der Waals surface area contributed by atoms with Crippen molar-refractivity contribution in [1.82, 2.24) is 19.7 Å². The highest BCUT2D eigenvalue weighted by atomic mass is 16.5. The number of ether oxygens (including phenoxy) is 1. The van der Waals surface area contributed by atoms with Gasteiger partial charge in [0.15, 0.2) is 5.82 Å². The number of methoxy groups -OCH3 is 1. The highest BCUT2D eigenvalue weighted by Gasteiger charge is 2.30. The number of aromatic nitrogens is 4. The Kier molecular flexibility index (Phi) is 3.66. The Hall–Kier alpha value is -2.28. The number of fused-ring (bicyclic) bond motifs is 1. The molecule has 1 N–H and O–H groups in total. The standard InChI is InChI=1S/C14H17N5O2/c1-3-19-14-11(7-17-19)10(4-13(20)18-14)9-5-15-12(8-21-2)16-6-9/h5-7,10H,3-4,8H2,1-2H3,(H,18,20). The van der Waals surface area contributed by atoms with Crippen molar-refractivity contribution in [2.24, 2.45) is 0 Å². The lowest BCUT2D eigenvalue weighted by molar-refractivity contribution is -0.116. The minimum atomic E-state index is -0.0503. The van der Waals surface area contributed by atoms with Crippen molar-refractivity contribution in [2.75, 3.05) is 12.4 Å². The van der Waals surface area contributed by atoms with Crippen LogP contribution in [0.1, 0.15) is 36.2 Å². The van der Waals surface area contributed by atoms with Crippen LogP contribution in [0.3, 0.4) is 0 Å². The summed E-state index contributed by atoms with van der Waals surface area (Å²) in [6.45, 7) is 3.09. The van der Waals surface area contributed by atoms with Gasteiger partial charge in [-0.05, 0) is 12.5 Å². The molecule has 0 aromatic carbocycles. The van der Waals surface area contributed by atoms with Crippen LogP contribution in [0.25, 0.3) is 0 Å². The lowest BCUT2D eigenvalue weighted by Crippen LogP contribution is -2.25. The Morgan fingerprint density at radius 2 is 2.14 bits per heavy atom. The maximum absolute atomic E-state index is 11.9. The lowest BCUT2D eigenvalue weighted by Gasteiger charge is -2.23. The maximum atomic E-state index is 11.9. The first-order chi connectivity index (χ1) is 10.2. The first-order valence-corrected chi connectivity index (χ1v) is 6.88. The molecule has 1 atom stereocenters. The minimum absolute atomic E-state index is 0.0105. The fourth-order valence-corrected chi connectivity index (χ4v) is 2.56. The van der Waals surface area contributed by atoms with E-state index in [2.05, 4.69) is 20.4 Å². The summed E-state index contributed by atoms with van der Waals surface area (Å²) in [4.78, 5) is 20.5. The van der Waals surface area contributed by atoms with Gasteiger partial charge < -0.3 is 10.1 Å². The molecule has 7 nitrogen and oxygen atoms in total. The quantitative estimate of drug-likeness (QED) is 0.917. The van der Waals surface area contributed by atoms with Gasteiger partial charge in [-0.2, -0.15) is 5.10 Å². The molecule has 0 radical (unpaired) electrons. The van der Waals surface area contributed by atoms with E-state index in [4.69, 9.17) is 4.74 Å². The SMILES string of the molecule is CCn1ncc2c1NC(=O)CC2c1cnc(COC)nc1. The van der Waals surface area contributed by atoms with Crippen LogP contribution in [0.5, 0.6) is 0 Å². The molecule has 21 heavy (non-hydrogen) atoms. The van der Waals surface area contributed by atoms with Gasteiger partial charge in [-0.3, -0.25) is 4.79 Å². The molecule has 1 aliphatic rings. The van der Waals surface area contributed by atoms with E-state index in [0.717, 1.165) is 16.9 Å². The first-order valence-electron chi connectivity index (χ1n) is 6.88. The van der Waals surface area contributed by atoms with Gasteiger partial charge in [0, 0.05) is 44.0 Å². The Morgan fingerprint density at radius 1 is 1.38 bits per heavy atom. The summed E-state index contributed by atoms with van der Waals surface area (Å²) in [5.41, 5.74) is 1.93. The van der Waals surface area contributed by atoms with Gasteiger partial charge in [-0.25, -0.2) is 14.6 Å². The summed E-state index contributed by atoms with van der Waals surface area (Å²) in [6, 6.07) is 0. The highest BCUT2D eigenvalue weighted by Crippen LogP contribution is 2.36. The Morgan fingerprint density at radius 3 is 2.81 bits per heavy atom. The van der Waals surface area contributed by atoms with E-state index in [-0.39, 0.29) is 11.8 Å². The maximum Gasteiger partial charge on any atom is 0.226 e. The van der Waals surface area contributed by atoms with Crippen LogP contribution < -0.4 is 5.32 Å². The molecule has 0 spiro atoms. The molecular weight excluding hydrogens is 270 g/mol. The number of anilines is 1. The van der Waals surface area contributed by atoms with Crippen LogP contribution in [0.15, 0.2) is 18.6 Å². The molecule has 3 rings (SSSR count). The largest absolute Gasteiger partial charge is 0.377 e. The van der Waals surface area contributed by atoms with Crippen LogP contribution in [0, 0.1) is 0 Å². The van der Waals surface area contributed by atoms with Crippen molar-refractivity contribution in [3.05, 3.63) is 35.5 Å². The summed E-state index contributed by atoms with van der Waals surface area (Å²) < 4.78 is 6.79. The monoisotopic (exact) mass is 287 g/mol. The summed E-state index contributed by atoms with van der Waals surface area (Å²) >= 11 is 0. The van der Waals surface area contributed by atoms with Crippen LogP contribution in [0.4, 0.5) is 5.82 Å².